The van der Waals surface area contributed by atoms with E-state index in [1.165, 1.54) is 0 Å². The van der Waals surface area contributed by atoms with E-state index in [0.29, 0.717) is 13.2 Å². The average molecular weight is 221 g/mol. The molecular weight excluding hydrogens is 202 g/mol. The smallest absolute Gasteiger partial charge is 0.225 e. The molecule has 0 saturated carbocycles. The van der Waals surface area contributed by atoms with E-state index in [4.69, 9.17) is 4.74 Å². The summed E-state index contributed by atoms with van der Waals surface area (Å²) >= 11 is 0. The van der Waals surface area contributed by atoms with E-state index < -0.39 is 0 Å². The van der Waals surface area contributed by atoms with Crippen molar-refractivity contribution in [3.8, 4) is 0 Å². The fourth-order valence-corrected chi connectivity index (χ4v) is 1.51. The number of hydrogen-bond acceptors (Lipinski definition) is 2. The van der Waals surface area contributed by atoms with Crippen molar-refractivity contribution in [2.45, 2.75) is 19.9 Å². The maximum Gasteiger partial charge on any atom is 0.225 e. The van der Waals surface area contributed by atoms with Crippen LogP contribution in [0.3, 0.4) is 0 Å². The molecule has 1 amide bonds. The van der Waals surface area contributed by atoms with Crippen LogP contribution in [0, 0.1) is 5.92 Å². The van der Waals surface area contributed by atoms with Crippen molar-refractivity contribution in [2.75, 3.05) is 13.7 Å². The number of benzene rings is 1. The lowest BCUT2D eigenvalue weighted by Crippen LogP contribution is -2.32. The van der Waals surface area contributed by atoms with Crippen LogP contribution in [0.15, 0.2) is 30.3 Å². The lowest BCUT2D eigenvalue weighted by molar-refractivity contribution is -0.126. The molecule has 1 atom stereocenters. The maximum absolute atomic E-state index is 11.7. The van der Waals surface area contributed by atoms with Gasteiger partial charge in [0.25, 0.3) is 0 Å². The lowest BCUT2D eigenvalue weighted by atomic mass is 10.1. The zero-order valence-corrected chi connectivity index (χ0v) is 9.90. The molecule has 0 spiro atoms. The van der Waals surface area contributed by atoms with Crippen LogP contribution in [0.5, 0.6) is 0 Å². The zero-order valence-electron chi connectivity index (χ0n) is 9.90. The maximum atomic E-state index is 11.7. The summed E-state index contributed by atoms with van der Waals surface area (Å²) in [5, 5.41) is 2.92. The molecule has 3 nitrogen and oxygen atoms in total. The number of methoxy groups -OCH3 is 1. The number of ether oxygens (including phenoxy) is 1. The zero-order chi connectivity index (χ0) is 11.8. The fourth-order valence-electron chi connectivity index (χ4n) is 1.51. The summed E-state index contributed by atoms with van der Waals surface area (Å²) in [5.74, 6) is 0.0157. The molecule has 16 heavy (non-hydrogen) atoms. The van der Waals surface area contributed by atoms with Gasteiger partial charge in [-0.15, -0.1) is 0 Å². The lowest BCUT2D eigenvalue weighted by Gasteiger charge is -2.13. The van der Waals surface area contributed by atoms with Gasteiger partial charge in [0.2, 0.25) is 5.91 Å². The van der Waals surface area contributed by atoms with Gasteiger partial charge in [-0.25, -0.2) is 0 Å². The van der Waals surface area contributed by atoms with Gasteiger partial charge >= 0.3 is 0 Å². The van der Waals surface area contributed by atoms with E-state index in [2.05, 4.69) is 5.32 Å². The van der Waals surface area contributed by atoms with Gasteiger partial charge in [0.1, 0.15) is 0 Å². The summed E-state index contributed by atoms with van der Waals surface area (Å²) in [6.07, 6.45) is 0.800. The third-order valence-electron chi connectivity index (χ3n) is 2.54. The molecule has 1 N–H and O–H groups in total. The summed E-state index contributed by atoms with van der Waals surface area (Å²) in [4.78, 5) is 11.7. The van der Waals surface area contributed by atoms with E-state index >= 15 is 0 Å². The Balaban J connectivity index is 2.40. The molecule has 88 valence electrons. The van der Waals surface area contributed by atoms with Crippen molar-refractivity contribution in [3.63, 3.8) is 0 Å². The van der Waals surface area contributed by atoms with Gasteiger partial charge in [0.05, 0.1) is 12.5 Å². The van der Waals surface area contributed by atoms with Crippen molar-refractivity contribution in [1.29, 1.82) is 0 Å². The van der Waals surface area contributed by atoms with Gasteiger partial charge in [-0.2, -0.15) is 0 Å². The molecule has 0 unspecified atom stereocenters. The van der Waals surface area contributed by atoms with Crippen LogP contribution in [-0.2, 0) is 16.1 Å². The molecule has 0 aliphatic rings. The van der Waals surface area contributed by atoms with Crippen molar-refractivity contribution < 1.29 is 9.53 Å². The van der Waals surface area contributed by atoms with E-state index in [-0.39, 0.29) is 11.8 Å². The summed E-state index contributed by atoms with van der Waals surface area (Å²) in [6, 6.07) is 9.89. The second kappa shape index (κ2) is 7.01. The summed E-state index contributed by atoms with van der Waals surface area (Å²) in [5.41, 5.74) is 1.11. The molecule has 3 heteroatoms. The third-order valence-corrected chi connectivity index (χ3v) is 2.54. The van der Waals surface area contributed by atoms with Crippen LogP contribution < -0.4 is 5.32 Å². The van der Waals surface area contributed by atoms with Gasteiger partial charge in [-0.3, -0.25) is 4.79 Å². The topological polar surface area (TPSA) is 38.3 Å². The standard InChI is InChI=1S/C13H19NO2/c1-3-12(10-16-2)13(15)14-9-11-7-5-4-6-8-11/h4-8,12H,3,9-10H2,1-2H3,(H,14,15)/t12-/m1/s1. The Hall–Kier alpha value is -1.35. The molecule has 0 aliphatic heterocycles. The molecule has 0 fully saturated rings. The first-order valence-electron chi connectivity index (χ1n) is 5.58. The number of hydrogen-bond donors (Lipinski definition) is 1. The van der Waals surface area contributed by atoms with Crippen LogP contribution in [0.4, 0.5) is 0 Å². The third kappa shape index (κ3) is 4.03. The Kier molecular flexibility index (Phi) is 5.57. The van der Waals surface area contributed by atoms with Crippen LogP contribution in [-0.4, -0.2) is 19.6 Å². The molecule has 0 aliphatic carbocycles. The average Bonchev–Trinajstić information content (AvgIpc) is 2.34. The van der Waals surface area contributed by atoms with Crippen molar-refractivity contribution in [2.24, 2.45) is 5.92 Å². The monoisotopic (exact) mass is 221 g/mol. The van der Waals surface area contributed by atoms with E-state index in [1.54, 1.807) is 7.11 Å². The molecule has 0 saturated heterocycles. The van der Waals surface area contributed by atoms with Crippen LogP contribution in [0.1, 0.15) is 18.9 Å². The van der Waals surface area contributed by atoms with Crippen molar-refractivity contribution in [1.82, 2.24) is 5.32 Å². The highest BCUT2D eigenvalue weighted by Gasteiger charge is 2.15. The Morgan fingerprint density at radius 3 is 2.62 bits per heavy atom. The summed E-state index contributed by atoms with van der Waals surface area (Å²) in [7, 11) is 1.62. The molecule has 0 aromatic heterocycles. The van der Waals surface area contributed by atoms with E-state index in [9.17, 15) is 4.79 Å². The molecule has 1 aromatic carbocycles. The minimum Gasteiger partial charge on any atom is -0.384 e. The molecule has 0 heterocycles. The number of carbonyl (C=O) groups is 1. The summed E-state index contributed by atoms with van der Waals surface area (Å²) in [6.45, 7) is 3.06. The van der Waals surface area contributed by atoms with Gasteiger partial charge in [-0.05, 0) is 12.0 Å². The Bertz CT molecular complexity index is 311. The first-order valence-corrected chi connectivity index (χ1v) is 5.58. The largest absolute Gasteiger partial charge is 0.384 e. The second-order valence-corrected chi connectivity index (χ2v) is 3.76. The molecular formula is C13H19NO2. The van der Waals surface area contributed by atoms with Gasteiger partial charge in [0, 0.05) is 13.7 Å². The van der Waals surface area contributed by atoms with Crippen LogP contribution in [0.2, 0.25) is 0 Å². The van der Waals surface area contributed by atoms with Gasteiger partial charge < -0.3 is 10.1 Å². The number of nitrogens with one attached hydrogen (secondary N) is 1. The first-order chi connectivity index (χ1) is 7.77. The van der Waals surface area contributed by atoms with Gasteiger partial charge in [0.15, 0.2) is 0 Å². The quantitative estimate of drug-likeness (QED) is 0.797. The summed E-state index contributed by atoms with van der Waals surface area (Å²) < 4.78 is 5.01. The number of rotatable bonds is 6. The highest BCUT2D eigenvalue weighted by molar-refractivity contribution is 5.78. The van der Waals surface area contributed by atoms with Gasteiger partial charge in [-0.1, -0.05) is 37.3 Å². The second-order valence-electron chi connectivity index (χ2n) is 3.76. The predicted octanol–water partition coefficient (Wildman–Crippen LogP) is 1.98. The molecule has 1 rings (SSSR count). The highest BCUT2D eigenvalue weighted by atomic mass is 16.5. The Labute approximate surface area is 96.8 Å². The fraction of sp³-hybridized carbons (Fsp3) is 0.462. The highest BCUT2D eigenvalue weighted by Crippen LogP contribution is 2.04. The Morgan fingerprint density at radius 2 is 2.06 bits per heavy atom. The molecule has 0 radical (unpaired) electrons. The normalized spacial score (nSPS) is 12.1. The minimum atomic E-state index is -0.0475. The minimum absolute atomic E-state index is 0.0475. The van der Waals surface area contributed by atoms with E-state index in [1.807, 2.05) is 37.3 Å². The van der Waals surface area contributed by atoms with E-state index in [0.717, 1.165) is 12.0 Å². The molecule has 0 bridgehead atoms. The molecule has 1 aromatic rings. The first kappa shape index (κ1) is 12.7. The Morgan fingerprint density at radius 1 is 1.38 bits per heavy atom. The predicted molar refractivity (Wildman–Crippen MR) is 63.9 cm³/mol. The van der Waals surface area contributed by atoms with Crippen LogP contribution in [0.25, 0.3) is 0 Å². The van der Waals surface area contributed by atoms with Crippen molar-refractivity contribution >= 4 is 5.91 Å². The van der Waals surface area contributed by atoms with Crippen LogP contribution >= 0.6 is 0 Å². The SMILES string of the molecule is CC[C@H](COC)C(=O)NCc1ccccc1. The number of amides is 1. The van der Waals surface area contributed by atoms with Crippen molar-refractivity contribution in [3.05, 3.63) is 35.9 Å². The number of carbonyl (C=O) groups excluding carboxylic acids is 1.